The molecule has 0 bridgehead atoms. The van der Waals surface area contributed by atoms with Crippen molar-refractivity contribution >= 4 is 12.8 Å². The Labute approximate surface area is 91.0 Å². The number of thiol groups is 1. The van der Waals surface area contributed by atoms with Gasteiger partial charge in [-0.15, -0.1) is 0 Å². The average Bonchev–Trinajstić information content (AvgIpc) is 2.51. The topological polar surface area (TPSA) is 3.24 Å². The maximum absolute atomic E-state index is 4.37. The van der Waals surface area contributed by atoms with E-state index in [-0.39, 0.29) is 0 Å². The largest absolute Gasteiger partial charge is 0.253 e. The Morgan fingerprint density at radius 3 is 2.71 bits per heavy atom. The highest BCUT2D eigenvalue weighted by Gasteiger charge is 2.21. The number of nitrogens with zero attached hydrogens (tertiary/aromatic N) is 1. The van der Waals surface area contributed by atoms with Crippen molar-refractivity contribution in [2.24, 2.45) is 5.92 Å². The summed E-state index contributed by atoms with van der Waals surface area (Å²) in [7, 11) is 0. The lowest BCUT2D eigenvalue weighted by Crippen LogP contribution is -2.09. The first-order chi connectivity index (χ1) is 6.86. The van der Waals surface area contributed by atoms with E-state index >= 15 is 0 Å². The van der Waals surface area contributed by atoms with E-state index in [0.29, 0.717) is 5.92 Å². The molecule has 1 nitrogen and oxygen atoms in total. The van der Waals surface area contributed by atoms with E-state index in [1.807, 2.05) is 6.08 Å². The summed E-state index contributed by atoms with van der Waals surface area (Å²) in [4.78, 5) is 0. The normalized spacial score (nSPS) is 27.5. The van der Waals surface area contributed by atoms with Crippen molar-refractivity contribution in [3.8, 4) is 0 Å². The van der Waals surface area contributed by atoms with Gasteiger partial charge in [0.1, 0.15) is 0 Å². The standard InChI is InChI=1S/C12H15NS/c14-13-9-8-12(10-13)11-6-4-2-1-3-5-7-11/h1-7,12,14H,8-10H2. The molecule has 2 heteroatoms. The molecule has 2 aliphatic rings. The fourth-order valence-electron chi connectivity index (χ4n) is 1.87. The summed E-state index contributed by atoms with van der Waals surface area (Å²) in [5.74, 6) is 0.653. The van der Waals surface area contributed by atoms with Gasteiger partial charge >= 0.3 is 0 Å². The van der Waals surface area contributed by atoms with E-state index in [0.717, 1.165) is 13.1 Å². The molecule has 0 aromatic rings. The van der Waals surface area contributed by atoms with Crippen molar-refractivity contribution in [3.63, 3.8) is 0 Å². The Kier molecular flexibility index (Phi) is 3.27. The molecule has 1 atom stereocenters. The van der Waals surface area contributed by atoms with Crippen molar-refractivity contribution in [2.45, 2.75) is 6.42 Å². The monoisotopic (exact) mass is 205 g/mol. The van der Waals surface area contributed by atoms with Gasteiger partial charge in [-0.05, 0) is 17.9 Å². The third-order valence-electron chi connectivity index (χ3n) is 2.66. The van der Waals surface area contributed by atoms with Crippen LogP contribution >= 0.6 is 12.8 Å². The van der Waals surface area contributed by atoms with Crippen LogP contribution in [-0.4, -0.2) is 17.4 Å². The van der Waals surface area contributed by atoms with E-state index in [9.17, 15) is 0 Å². The molecule has 0 aromatic heterocycles. The molecule has 1 saturated heterocycles. The molecule has 14 heavy (non-hydrogen) atoms. The van der Waals surface area contributed by atoms with Crippen LogP contribution in [-0.2, 0) is 0 Å². The zero-order valence-electron chi connectivity index (χ0n) is 8.13. The van der Waals surface area contributed by atoms with Crippen LogP contribution in [0.2, 0.25) is 0 Å². The van der Waals surface area contributed by atoms with Crippen molar-refractivity contribution in [1.82, 2.24) is 4.31 Å². The van der Waals surface area contributed by atoms with Crippen LogP contribution in [0.25, 0.3) is 0 Å². The minimum atomic E-state index is 0.653. The van der Waals surface area contributed by atoms with Crippen molar-refractivity contribution in [1.29, 1.82) is 0 Å². The Morgan fingerprint density at radius 1 is 1.14 bits per heavy atom. The molecule has 0 amide bonds. The summed E-state index contributed by atoms with van der Waals surface area (Å²) in [6.45, 7) is 2.16. The van der Waals surface area contributed by atoms with Gasteiger partial charge in [0.25, 0.3) is 0 Å². The first kappa shape index (κ1) is 9.81. The van der Waals surface area contributed by atoms with Crippen LogP contribution in [0.15, 0.2) is 48.1 Å². The smallest absolute Gasteiger partial charge is 0.0156 e. The SMILES string of the molecule is SN1CCC(C2=CC=CC=CC=C2)C1. The second kappa shape index (κ2) is 4.67. The molecule has 1 fully saturated rings. The van der Waals surface area contributed by atoms with E-state index in [1.165, 1.54) is 12.0 Å². The van der Waals surface area contributed by atoms with Crippen LogP contribution in [0, 0.1) is 5.92 Å². The minimum absolute atomic E-state index is 0.653. The number of rotatable bonds is 1. The third kappa shape index (κ3) is 2.40. The lowest BCUT2D eigenvalue weighted by molar-refractivity contribution is 0.569. The molecule has 0 aromatic carbocycles. The van der Waals surface area contributed by atoms with Gasteiger partial charge in [0.05, 0.1) is 0 Å². The van der Waals surface area contributed by atoms with E-state index in [1.54, 1.807) is 0 Å². The highest BCUT2D eigenvalue weighted by molar-refractivity contribution is 7.77. The van der Waals surface area contributed by atoms with Crippen LogP contribution in [0.5, 0.6) is 0 Å². The van der Waals surface area contributed by atoms with Gasteiger partial charge in [-0.2, -0.15) is 0 Å². The Hall–Kier alpha value is -0.730. The molecule has 74 valence electrons. The quantitative estimate of drug-likeness (QED) is 0.644. The second-order valence-electron chi connectivity index (χ2n) is 3.69. The van der Waals surface area contributed by atoms with E-state index < -0.39 is 0 Å². The zero-order chi connectivity index (χ0) is 9.80. The number of hydrogen-bond donors (Lipinski definition) is 1. The molecule has 2 rings (SSSR count). The fourth-order valence-corrected chi connectivity index (χ4v) is 2.18. The van der Waals surface area contributed by atoms with Crippen LogP contribution in [0.3, 0.4) is 0 Å². The van der Waals surface area contributed by atoms with Crippen LogP contribution in [0.1, 0.15) is 6.42 Å². The second-order valence-corrected chi connectivity index (χ2v) is 4.26. The lowest BCUT2D eigenvalue weighted by Gasteiger charge is -2.10. The molecular weight excluding hydrogens is 190 g/mol. The molecule has 1 heterocycles. The zero-order valence-corrected chi connectivity index (χ0v) is 9.03. The van der Waals surface area contributed by atoms with E-state index in [4.69, 9.17) is 0 Å². The maximum atomic E-state index is 4.37. The number of allylic oxidation sites excluding steroid dienone is 7. The highest BCUT2D eigenvalue weighted by Crippen LogP contribution is 2.26. The van der Waals surface area contributed by atoms with Gasteiger partial charge in [0.2, 0.25) is 0 Å². The van der Waals surface area contributed by atoms with Gasteiger partial charge in [0.15, 0.2) is 0 Å². The van der Waals surface area contributed by atoms with Gasteiger partial charge < -0.3 is 0 Å². The minimum Gasteiger partial charge on any atom is -0.253 e. The summed E-state index contributed by atoms with van der Waals surface area (Å²) in [5.41, 5.74) is 1.42. The highest BCUT2D eigenvalue weighted by atomic mass is 32.1. The number of hydrogen-bond acceptors (Lipinski definition) is 2. The lowest BCUT2D eigenvalue weighted by atomic mass is 9.97. The predicted octanol–water partition coefficient (Wildman–Crippen LogP) is 2.76. The maximum Gasteiger partial charge on any atom is 0.0156 e. The Bertz CT molecular complexity index is 312. The fraction of sp³-hybridized carbons (Fsp3) is 0.333. The first-order valence-corrected chi connectivity index (χ1v) is 5.41. The van der Waals surface area contributed by atoms with E-state index in [2.05, 4.69) is 53.6 Å². The van der Waals surface area contributed by atoms with Crippen molar-refractivity contribution in [3.05, 3.63) is 48.1 Å². The molecule has 0 radical (unpaired) electrons. The third-order valence-corrected chi connectivity index (χ3v) is 3.02. The molecule has 0 N–H and O–H groups in total. The van der Waals surface area contributed by atoms with Gasteiger partial charge in [0, 0.05) is 13.1 Å². The molecule has 1 aliphatic heterocycles. The van der Waals surface area contributed by atoms with Gasteiger partial charge in [-0.3, -0.25) is 4.31 Å². The Balaban J connectivity index is 2.09. The summed E-state index contributed by atoms with van der Waals surface area (Å²) < 4.78 is 2.09. The average molecular weight is 205 g/mol. The van der Waals surface area contributed by atoms with Crippen molar-refractivity contribution in [2.75, 3.05) is 13.1 Å². The van der Waals surface area contributed by atoms with Crippen LogP contribution < -0.4 is 0 Å². The Morgan fingerprint density at radius 2 is 1.93 bits per heavy atom. The molecule has 1 aliphatic carbocycles. The summed E-state index contributed by atoms with van der Waals surface area (Å²) in [6, 6.07) is 0. The molecule has 0 spiro atoms. The van der Waals surface area contributed by atoms with Crippen LogP contribution in [0.4, 0.5) is 0 Å². The summed E-state index contributed by atoms with van der Waals surface area (Å²) in [5, 5.41) is 0. The summed E-state index contributed by atoms with van der Waals surface area (Å²) >= 11 is 4.37. The van der Waals surface area contributed by atoms with Gasteiger partial charge in [-0.25, -0.2) is 0 Å². The molecular formula is C12H15NS. The molecule has 0 saturated carbocycles. The van der Waals surface area contributed by atoms with Crippen molar-refractivity contribution < 1.29 is 0 Å². The predicted molar refractivity (Wildman–Crippen MR) is 64.2 cm³/mol. The first-order valence-electron chi connectivity index (χ1n) is 5.01. The molecule has 1 unspecified atom stereocenters. The summed E-state index contributed by atoms with van der Waals surface area (Å²) in [6.07, 6.45) is 16.0. The van der Waals surface area contributed by atoms with Gasteiger partial charge in [-0.1, -0.05) is 55.3 Å².